The molecule has 0 heterocycles. The van der Waals surface area contributed by atoms with Crippen molar-refractivity contribution in [1.82, 2.24) is 4.90 Å². The molecule has 0 aromatic heterocycles. The van der Waals surface area contributed by atoms with Gasteiger partial charge in [0.1, 0.15) is 0 Å². The molecule has 6 fully saturated rings. The van der Waals surface area contributed by atoms with Gasteiger partial charge in [-0.3, -0.25) is 4.90 Å². The third-order valence-electron chi connectivity index (χ3n) is 19.0. The van der Waals surface area contributed by atoms with Crippen molar-refractivity contribution in [2.24, 2.45) is 65.1 Å². The van der Waals surface area contributed by atoms with Crippen LogP contribution < -0.4 is 0 Å². The minimum Gasteiger partial charge on any atom is -0.381 e. The largest absolute Gasteiger partial charge is 0.381 e. The van der Waals surface area contributed by atoms with Crippen molar-refractivity contribution in [3.05, 3.63) is 24.3 Å². The van der Waals surface area contributed by atoms with Crippen molar-refractivity contribution in [2.75, 3.05) is 13.7 Å². The third kappa shape index (κ3) is 15.7. The maximum atomic E-state index is 6.74. The van der Waals surface area contributed by atoms with Crippen LogP contribution in [0.4, 0.5) is 0 Å². The first-order valence-electron chi connectivity index (χ1n) is 28.5. The summed E-state index contributed by atoms with van der Waals surface area (Å²) in [7, 11) is 1.95. The van der Waals surface area contributed by atoms with Gasteiger partial charge in [-0.05, 0) is 195 Å². The van der Waals surface area contributed by atoms with E-state index in [1.54, 1.807) is 0 Å². The minimum atomic E-state index is 0.301. The lowest BCUT2D eigenvalue weighted by molar-refractivity contribution is -0.0614. The van der Waals surface area contributed by atoms with Crippen molar-refractivity contribution >= 4 is 0 Å². The van der Waals surface area contributed by atoms with E-state index in [-0.39, 0.29) is 0 Å². The van der Waals surface area contributed by atoms with E-state index in [2.05, 4.69) is 70.7 Å². The van der Waals surface area contributed by atoms with E-state index in [4.69, 9.17) is 9.47 Å². The van der Waals surface area contributed by atoms with Crippen LogP contribution in [0.25, 0.3) is 0 Å². The summed E-state index contributed by atoms with van der Waals surface area (Å²) in [5.74, 6) is 9.31. The van der Waals surface area contributed by atoms with Crippen molar-refractivity contribution in [3.63, 3.8) is 0 Å². The van der Waals surface area contributed by atoms with Crippen LogP contribution in [0.2, 0.25) is 0 Å². The summed E-state index contributed by atoms with van der Waals surface area (Å²) in [6.45, 7) is 15.1. The Morgan fingerprint density at radius 2 is 1.08 bits per heavy atom. The van der Waals surface area contributed by atoms with E-state index in [0.29, 0.717) is 24.0 Å². The quantitative estimate of drug-likeness (QED) is 0.0800. The molecule has 6 aliphatic rings. The van der Waals surface area contributed by atoms with Gasteiger partial charge >= 0.3 is 0 Å². The van der Waals surface area contributed by atoms with Crippen LogP contribution in [0, 0.1) is 65.1 Å². The van der Waals surface area contributed by atoms with Crippen LogP contribution in [0.1, 0.15) is 241 Å². The van der Waals surface area contributed by atoms with Crippen LogP contribution in [-0.2, 0) is 9.47 Å². The number of hydrogen-bond donors (Lipinski definition) is 0. The second-order valence-electron chi connectivity index (χ2n) is 23.9. The molecular formula is C59H105NO2. The van der Waals surface area contributed by atoms with E-state index in [0.717, 1.165) is 90.8 Å². The molecule has 0 amide bonds. The number of methoxy groups -OCH3 is 1. The Kier molecular flexibility index (Phi) is 22.3. The summed E-state index contributed by atoms with van der Waals surface area (Å²) < 4.78 is 12.9. The molecule has 0 aromatic carbocycles. The highest BCUT2D eigenvalue weighted by molar-refractivity contribution is 5.05. The van der Waals surface area contributed by atoms with Crippen molar-refractivity contribution < 1.29 is 9.47 Å². The lowest BCUT2D eigenvalue weighted by atomic mass is 9.68. The number of hydrogen-bond acceptors (Lipinski definition) is 3. The van der Waals surface area contributed by atoms with Crippen molar-refractivity contribution in [1.29, 1.82) is 0 Å². The lowest BCUT2D eigenvalue weighted by Gasteiger charge is -2.51. The Hall–Kier alpha value is -0.640. The molecule has 0 radical (unpaired) electrons. The van der Waals surface area contributed by atoms with Gasteiger partial charge in [0.25, 0.3) is 0 Å². The van der Waals surface area contributed by atoms with Crippen LogP contribution in [0.5, 0.6) is 0 Å². The molecule has 0 saturated heterocycles. The summed E-state index contributed by atoms with van der Waals surface area (Å²) in [5, 5.41) is 0. The number of rotatable bonds is 22. The average Bonchev–Trinajstić information content (AvgIpc) is 3.29. The SMILES string of the molecule is C/C=C/C1CC(OC)C(/C=C/C2CCC(C3CCC(N(C4CCC(CCCCCC)CC4)C4CCC(C5CCC(C)CC5)CC4)CC3)CC2)CC1OCCC(C)CCCC(C)C. The molecular weight excluding hydrogens is 755 g/mol. The topological polar surface area (TPSA) is 21.7 Å². The van der Waals surface area contributed by atoms with Gasteiger partial charge in [0.2, 0.25) is 0 Å². The Labute approximate surface area is 386 Å². The fourth-order valence-corrected chi connectivity index (χ4v) is 14.8. The molecule has 3 nitrogen and oxygen atoms in total. The van der Waals surface area contributed by atoms with E-state index >= 15 is 0 Å². The highest BCUT2D eigenvalue weighted by atomic mass is 16.5. The maximum absolute atomic E-state index is 6.74. The molecule has 0 spiro atoms. The first kappa shape index (κ1) is 50.8. The summed E-state index contributed by atoms with van der Waals surface area (Å²) in [6, 6.07) is 2.64. The predicted octanol–water partition coefficient (Wildman–Crippen LogP) is 17.0. The fourth-order valence-electron chi connectivity index (χ4n) is 14.8. The van der Waals surface area contributed by atoms with Gasteiger partial charge in [-0.15, -0.1) is 0 Å². The van der Waals surface area contributed by atoms with Crippen LogP contribution in [0.3, 0.4) is 0 Å². The number of nitrogens with zero attached hydrogens (tertiary/aromatic N) is 1. The number of allylic oxidation sites excluding steroid dienone is 2. The molecule has 0 aromatic rings. The summed E-state index contributed by atoms with van der Waals surface area (Å²) in [4.78, 5) is 3.29. The molecule has 0 N–H and O–H groups in total. The van der Waals surface area contributed by atoms with Crippen molar-refractivity contribution in [3.8, 4) is 0 Å². The van der Waals surface area contributed by atoms with Gasteiger partial charge < -0.3 is 9.47 Å². The Morgan fingerprint density at radius 1 is 0.548 bits per heavy atom. The van der Waals surface area contributed by atoms with Crippen LogP contribution >= 0.6 is 0 Å². The molecule has 0 aliphatic heterocycles. The molecule has 358 valence electrons. The molecule has 6 saturated carbocycles. The lowest BCUT2D eigenvalue weighted by Crippen LogP contribution is -2.53. The average molecular weight is 860 g/mol. The van der Waals surface area contributed by atoms with Gasteiger partial charge in [0.05, 0.1) is 12.2 Å². The predicted molar refractivity (Wildman–Crippen MR) is 268 cm³/mol. The monoisotopic (exact) mass is 860 g/mol. The smallest absolute Gasteiger partial charge is 0.0645 e. The zero-order valence-corrected chi connectivity index (χ0v) is 42.4. The van der Waals surface area contributed by atoms with E-state index < -0.39 is 0 Å². The molecule has 6 rings (SSSR count). The maximum Gasteiger partial charge on any atom is 0.0645 e. The first-order valence-corrected chi connectivity index (χ1v) is 28.5. The van der Waals surface area contributed by atoms with Gasteiger partial charge in [-0.1, -0.05) is 123 Å². The summed E-state index contributed by atoms with van der Waals surface area (Å²) >= 11 is 0. The zero-order valence-electron chi connectivity index (χ0n) is 42.4. The fraction of sp³-hybridized carbons (Fsp3) is 0.932. The van der Waals surface area contributed by atoms with Gasteiger partial charge in [-0.25, -0.2) is 0 Å². The zero-order chi connectivity index (χ0) is 43.7. The van der Waals surface area contributed by atoms with E-state index in [1.165, 1.54) is 186 Å². The van der Waals surface area contributed by atoms with E-state index in [9.17, 15) is 0 Å². The normalized spacial score (nSPS) is 38.3. The number of ether oxygens (including phenoxy) is 2. The molecule has 6 aliphatic carbocycles. The Bertz CT molecular complexity index is 1220. The second-order valence-corrected chi connectivity index (χ2v) is 23.9. The Morgan fingerprint density at radius 3 is 1.63 bits per heavy atom. The molecule has 5 unspecified atom stereocenters. The highest BCUT2D eigenvalue weighted by Gasteiger charge is 2.41. The molecule has 0 bridgehead atoms. The van der Waals surface area contributed by atoms with E-state index in [1.807, 2.05) is 7.11 Å². The summed E-state index contributed by atoms with van der Waals surface area (Å²) in [5.41, 5.74) is 0. The minimum absolute atomic E-state index is 0.301. The first-order chi connectivity index (χ1) is 30.2. The van der Waals surface area contributed by atoms with Gasteiger partial charge in [0, 0.05) is 43.7 Å². The highest BCUT2D eigenvalue weighted by Crippen LogP contribution is 2.47. The van der Waals surface area contributed by atoms with Gasteiger partial charge in [-0.2, -0.15) is 0 Å². The molecule has 3 heteroatoms. The van der Waals surface area contributed by atoms with Crippen LogP contribution in [0.15, 0.2) is 24.3 Å². The standard InChI is InChI=1S/C59H105NO2/c1-8-10-11-12-17-47-23-34-55(35-24-47)60(56-36-30-51(31-37-56)49-25-18-46(6)19-26-49)57-38-32-52(33-39-57)50-27-20-48(21-28-50)22-29-54-43-59(53(14-9-2)42-58(54)61-7)62-41-40-45(5)16-13-15-44(3)4/h9,14,22,29,44-59H,8,10-13,15-21,23-28,30-43H2,1-7H3/b14-9+,29-22+. The van der Waals surface area contributed by atoms with Gasteiger partial charge in [0.15, 0.2) is 0 Å². The Balaban J connectivity index is 0.967. The summed E-state index contributed by atoms with van der Waals surface area (Å²) in [6.07, 6.45) is 55.2. The second kappa shape index (κ2) is 27.2. The molecule has 62 heavy (non-hydrogen) atoms. The molecule has 5 atom stereocenters. The third-order valence-corrected chi connectivity index (χ3v) is 19.0. The van der Waals surface area contributed by atoms with Crippen molar-refractivity contribution in [2.45, 2.75) is 271 Å². The number of unbranched alkanes of at least 4 members (excludes halogenated alkanes) is 3. The van der Waals surface area contributed by atoms with Crippen LogP contribution in [-0.4, -0.2) is 49.0 Å².